The molecule has 1 aliphatic heterocycles. The Morgan fingerprint density at radius 3 is 2.62 bits per heavy atom. The Morgan fingerprint density at radius 2 is 2.05 bits per heavy atom. The number of rotatable bonds is 4. The fourth-order valence-electron chi connectivity index (χ4n) is 2.24. The molecule has 1 saturated heterocycles. The molecule has 0 aromatic heterocycles. The van der Waals surface area contributed by atoms with E-state index in [1.165, 1.54) is 10.4 Å². The highest BCUT2D eigenvalue weighted by molar-refractivity contribution is 7.90. The van der Waals surface area contributed by atoms with Crippen molar-refractivity contribution in [2.24, 2.45) is 11.7 Å². The predicted octanol–water partition coefficient (Wildman–Crippen LogP) is 1.85. The average Bonchev–Trinajstić information content (AvgIpc) is 2.41. The molecule has 1 heterocycles. The molecule has 0 radical (unpaired) electrons. The Bertz CT molecular complexity index is 641. The van der Waals surface area contributed by atoms with Crippen LogP contribution in [0.4, 0.5) is 10.1 Å². The maximum Gasteiger partial charge on any atom is 0.301 e. The molecule has 0 aliphatic carbocycles. The summed E-state index contributed by atoms with van der Waals surface area (Å²) in [4.78, 5) is -0.0560. The molecule has 0 atom stereocenters. The predicted molar refractivity (Wildman–Crippen MR) is 84.8 cm³/mol. The van der Waals surface area contributed by atoms with E-state index in [-0.39, 0.29) is 16.2 Å². The number of piperidine rings is 1. The number of anilines is 1. The van der Waals surface area contributed by atoms with E-state index in [2.05, 4.69) is 11.6 Å². The summed E-state index contributed by atoms with van der Waals surface area (Å²) < 4.78 is 41.8. The van der Waals surface area contributed by atoms with E-state index in [1.807, 2.05) is 0 Å². The first kappa shape index (κ1) is 16.1. The van der Waals surface area contributed by atoms with Crippen LogP contribution in [0.15, 0.2) is 18.2 Å². The molecule has 116 valence electrons. The van der Waals surface area contributed by atoms with Gasteiger partial charge in [0.25, 0.3) is 0 Å². The summed E-state index contributed by atoms with van der Waals surface area (Å²) in [6.45, 7) is 3.04. The van der Waals surface area contributed by atoms with Crippen LogP contribution in [0.25, 0.3) is 0 Å². The largest absolute Gasteiger partial charge is 0.389 e. The van der Waals surface area contributed by atoms with Crippen molar-refractivity contribution in [3.05, 3.63) is 29.6 Å². The van der Waals surface area contributed by atoms with E-state index in [9.17, 15) is 12.8 Å². The number of thiocarbonyl (C=S) groups is 1. The van der Waals surface area contributed by atoms with Crippen LogP contribution in [0.3, 0.4) is 0 Å². The molecule has 0 bridgehead atoms. The van der Waals surface area contributed by atoms with Gasteiger partial charge in [-0.05, 0) is 37.0 Å². The average molecular weight is 331 g/mol. The second-order valence-electron chi connectivity index (χ2n) is 5.24. The molecule has 1 fully saturated rings. The lowest BCUT2D eigenvalue weighted by Gasteiger charge is -2.29. The molecule has 0 unspecified atom stereocenters. The first-order chi connectivity index (χ1) is 9.79. The maximum atomic E-state index is 13.2. The molecule has 1 aliphatic rings. The minimum Gasteiger partial charge on any atom is -0.389 e. The van der Waals surface area contributed by atoms with Crippen LogP contribution in [0, 0.1) is 11.7 Å². The van der Waals surface area contributed by atoms with Gasteiger partial charge in [0.2, 0.25) is 0 Å². The summed E-state index contributed by atoms with van der Waals surface area (Å²) in [6, 6.07) is 3.62. The smallest absolute Gasteiger partial charge is 0.301 e. The van der Waals surface area contributed by atoms with Gasteiger partial charge in [0.1, 0.15) is 10.8 Å². The molecule has 0 spiro atoms. The minimum atomic E-state index is -3.68. The molecule has 1 aromatic carbocycles. The molecule has 0 saturated carbocycles. The van der Waals surface area contributed by atoms with E-state index in [0.717, 1.165) is 25.0 Å². The van der Waals surface area contributed by atoms with Gasteiger partial charge >= 0.3 is 10.2 Å². The summed E-state index contributed by atoms with van der Waals surface area (Å²) in [5, 5.41) is 0. The zero-order valence-electron chi connectivity index (χ0n) is 11.7. The Hall–Kier alpha value is -1.25. The van der Waals surface area contributed by atoms with Crippen LogP contribution in [-0.4, -0.2) is 30.8 Å². The zero-order chi connectivity index (χ0) is 15.6. The highest BCUT2D eigenvalue weighted by atomic mass is 32.2. The molecule has 3 N–H and O–H groups in total. The third-order valence-corrected chi connectivity index (χ3v) is 5.31. The van der Waals surface area contributed by atoms with Crippen LogP contribution in [0.1, 0.15) is 25.3 Å². The van der Waals surface area contributed by atoms with Crippen LogP contribution in [0.2, 0.25) is 0 Å². The van der Waals surface area contributed by atoms with Crippen LogP contribution >= 0.6 is 12.2 Å². The second kappa shape index (κ2) is 6.25. The molecular formula is C13H18FN3O2S2. The lowest BCUT2D eigenvalue weighted by molar-refractivity contribution is 0.289. The third kappa shape index (κ3) is 3.90. The molecule has 1 aromatic rings. The number of nitrogens with zero attached hydrogens (tertiary/aromatic N) is 1. The summed E-state index contributed by atoms with van der Waals surface area (Å²) in [7, 11) is -3.68. The van der Waals surface area contributed by atoms with Crippen molar-refractivity contribution in [3.8, 4) is 0 Å². The fraction of sp³-hybridized carbons (Fsp3) is 0.462. The molecular weight excluding hydrogens is 313 g/mol. The highest BCUT2D eigenvalue weighted by Gasteiger charge is 2.27. The van der Waals surface area contributed by atoms with Gasteiger partial charge < -0.3 is 5.73 Å². The first-order valence-electron chi connectivity index (χ1n) is 6.67. The van der Waals surface area contributed by atoms with Gasteiger partial charge in [-0.3, -0.25) is 4.72 Å². The van der Waals surface area contributed by atoms with Crippen molar-refractivity contribution < 1.29 is 12.8 Å². The lowest BCUT2D eigenvalue weighted by Crippen LogP contribution is -2.41. The van der Waals surface area contributed by atoms with Gasteiger partial charge in [-0.25, -0.2) is 4.39 Å². The number of hydrogen-bond acceptors (Lipinski definition) is 3. The SMILES string of the molecule is CC1CCN(S(=O)(=O)Nc2ccc(F)cc2C(N)=S)CC1. The number of benzene rings is 1. The molecule has 8 heteroatoms. The number of hydrogen-bond donors (Lipinski definition) is 2. The maximum absolute atomic E-state index is 13.2. The summed E-state index contributed by atoms with van der Waals surface area (Å²) in [5.41, 5.74) is 5.89. The van der Waals surface area contributed by atoms with Crippen molar-refractivity contribution in [2.75, 3.05) is 17.8 Å². The van der Waals surface area contributed by atoms with Crippen LogP contribution in [-0.2, 0) is 10.2 Å². The third-order valence-electron chi connectivity index (χ3n) is 3.57. The number of nitrogens with one attached hydrogen (secondary N) is 1. The van der Waals surface area contributed by atoms with E-state index in [4.69, 9.17) is 18.0 Å². The molecule has 21 heavy (non-hydrogen) atoms. The Kier molecular flexibility index (Phi) is 4.80. The van der Waals surface area contributed by atoms with Crippen LogP contribution < -0.4 is 10.5 Å². The summed E-state index contributed by atoms with van der Waals surface area (Å²) >= 11 is 4.83. The van der Waals surface area contributed by atoms with Crippen molar-refractivity contribution in [2.45, 2.75) is 19.8 Å². The normalized spacial score (nSPS) is 17.6. The Morgan fingerprint density at radius 1 is 1.43 bits per heavy atom. The lowest BCUT2D eigenvalue weighted by atomic mass is 10.0. The molecule has 0 amide bonds. The monoisotopic (exact) mass is 331 g/mol. The van der Waals surface area contributed by atoms with Crippen molar-refractivity contribution in [1.82, 2.24) is 4.31 Å². The Balaban J connectivity index is 2.23. The van der Waals surface area contributed by atoms with Gasteiger partial charge in [0.05, 0.1) is 5.69 Å². The number of nitrogens with two attached hydrogens (primary N) is 1. The highest BCUT2D eigenvalue weighted by Crippen LogP contribution is 2.23. The van der Waals surface area contributed by atoms with Crippen molar-refractivity contribution >= 4 is 33.1 Å². The quantitative estimate of drug-likeness (QED) is 0.826. The summed E-state index contributed by atoms with van der Waals surface area (Å²) in [6.07, 6.45) is 1.65. The standard InChI is InChI=1S/C13H18FN3O2S2/c1-9-4-6-17(7-5-9)21(18,19)16-12-3-2-10(14)8-11(12)13(15)20/h2-3,8-9,16H,4-7H2,1H3,(H2,15,20). The topological polar surface area (TPSA) is 75.4 Å². The van der Waals surface area contributed by atoms with Crippen molar-refractivity contribution in [3.63, 3.8) is 0 Å². The number of halogens is 1. The van der Waals surface area contributed by atoms with E-state index in [0.29, 0.717) is 19.0 Å². The van der Waals surface area contributed by atoms with Gasteiger partial charge in [0.15, 0.2) is 0 Å². The first-order valence-corrected chi connectivity index (χ1v) is 8.51. The summed E-state index contributed by atoms with van der Waals surface area (Å²) in [5.74, 6) is 0.00185. The molecule has 2 rings (SSSR count). The van der Waals surface area contributed by atoms with Gasteiger partial charge in [-0.15, -0.1) is 0 Å². The van der Waals surface area contributed by atoms with Crippen molar-refractivity contribution in [1.29, 1.82) is 0 Å². The fourth-order valence-corrected chi connectivity index (χ4v) is 3.68. The Labute approximate surface area is 129 Å². The van der Waals surface area contributed by atoms with Gasteiger partial charge in [-0.1, -0.05) is 19.1 Å². The zero-order valence-corrected chi connectivity index (χ0v) is 13.3. The van der Waals surface area contributed by atoms with Crippen LogP contribution in [0.5, 0.6) is 0 Å². The molecule has 5 nitrogen and oxygen atoms in total. The van der Waals surface area contributed by atoms with E-state index >= 15 is 0 Å². The van der Waals surface area contributed by atoms with Gasteiger partial charge in [-0.2, -0.15) is 12.7 Å². The second-order valence-corrected chi connectivity index (χ2v) is 7.35. The minimum absolute atomic E-state index is 0.0560. The van der Waals surface area contributed by atoms with E-state index < -0.39 is 16.0 Å². The van der Waals surface area contributed by atoms with Gasteiger partial charge in [0, 0.05) is 18.7 Å². The van der Waals surface area contributed by atoms with E-state index in [1.54, 1.807) is 0 Å².